The van der Waals surface area contributed by atoms with Gasteiger partial charge >= 0.3 is 0 Å². The summed E-state index contributed by atoms with van der Waals surface area (Å²) in [7, 11) is 0. The van der Waals surface area contributed by atoms with Gasteiger partial charge in [-0.1, -0.05) is 78.9 Å². The van der Waals surface area contributed by atoms with Crippen LogP contribution in [0.25, 0.3) is 22.3 Å². The molecule has 0 saturated heterocycles. The standard InChI is InChI=1S/C32H26O4/c1-32(21-9-3-2-4-10-21,22-15-17-30(35)26(19-22)24-11-5-7-13-28(24)33)23-16-18-31(36)27(20-23)25-12-6-8-14-29(25)34/h2-20,33-36H,1H3. The van der Waals surface area contributed by atoms with Gasteiger partial charge in [-0.3, -0.25) is 0 Å². The molecule has 4 N–H and O–H groups in total. The third-order valence-corrected chi connectivity index (χ3v) is 6.89. The summed E-state index contributed by atoms with van der Waals surface area (Å²) in [6, 6.07) is 34.6. The average Bonchev–Trinajstić information content (AvgIpc) is 2.90. The topological polar surface area (TPSA) is 80.9 Å². The van der Waals surface area contributed by atoms with E-state index >= 15 is 0 Å². The minimum Gasteiger partial charge on any atom is -0.507 e. The van der Waals surface area contributed by atoms with Gasteiger partial charge in [-0.15, -0.1) is 0 Å². The number of para-hydroxylation sites is 2. The molecule has 0 saturated carbocycles. The number of phenolic OH excluding ortho intramolecular Hbond substituents is 4. The summed E-state index contributed by atoms with van der Waals surface area (Å²) < 4.78 is 0. The van der Waals surface area contributed by atoms with Gasteiger partial charge in [-0.05, 0) is 60.0 Å². The first-order valence-electron chi connectivity index (χ1n) is 11.7. The van der Waals surface area contributed by atoms with Gasteiger partial charge in [0.15, 0.2) is 0 Å². The molecule has 0 fully saturated rings. The van der Waals surface area contributed by atoms with E-state index in [2.05, 4.69) is 6.92 Å². The monoisotopic (exact) mass is 474 g/mol. The van der Waals surface area contributed by atoms with E-state index in [4.69, 9.17) is 0 Å². The summed E-state index contributed by atoms with van der Waals surface area (Å²) in [5.41, 5.74) is 4.20. The highest BCUT2D eigenvalue weighted by Gasteiger charge is 2.33. The van der Waals surface area contributed by atoms with Gasteiger partial charge < -0.3 is 20.4 Å². The molecular weight excluding hydrogens is 448 g/mol. The van der Waals surface area contributed by atoms with Crippen LogP contribution in [0.3, 0.4) is 0 Å². The van der Waals surface area contributed by atoms with E-state index in [-0.39, 0.29) is 23.0 Å². The van der Waals surface area contributed by atoms with Crippen LogP contribution in [-0.2, 0) is 5.41 Å². The molecule has 178 valence electrons. The number of benzene rings is 5. The quantitative estimate of drug-likeness (QED) is 0.203. The minimum absolute atomic E-state index is 0.0660. The predicted octanol–water partition coefficient (Wildman–Crippen LogP) is 7.20. The zero-order valence-corrected chi connectivity index (χ0v) is 19.8. The van der Waals surface area contributed by atoms with Crippen molar-refractivity contribution in [2.75, 3.05) is 0 Å². The maximum absolute atomic E-state index is 10.7. The van der Waals surface area contributed by atoms with Crippen molar-refractivity contribution in [2.24, 2.45) is 0 Å². The second-order valence-electron chi connectivity index (χ2n) is 8.99. The van der Waals surface area contributed by atoms with Crippen LogP contribution in [-0.4, -0.2) is 20.4 Å². The van der Waals surface area contributed by atoms with Crippen LogP contribution >= 0.6 is 0 Å². The van der Waals surface area contributed by atoms with Gasteiger partial charge in [0.2, 0.25) is 0 Å². The van der Waals surface area contributed by atoms with E-state index in [0.29, 0.717) is 22.3 Å². The highest BCUT2D eigenvalue weighted by molar-refractivity contribution is 5.78. The smallest absolute Gasteiger partial charge is 0.123 e. The van der Waals surface area contributed by atoms with Gasteiger partial charge in [0.25, 0.3) is 0 Å². The van der Waals surface area contributed by atoms with Crippen molar-refractivity contribution >= 4 is 0 Å². The first kappa shape index (κ1) is 23.1. The molecule has 0 spiro atoms. The van der Waals surface area contributed by atoms with Crippen molar-refractivity contribution in [3.8, 4) is 45.3 Å². The summed E-state index contributed by atoms with van der Waals surface area (Å²) in [4.78, 5) is 0. The summed E-state index contributed by atoms with van der Waals surface area (Å²) in [6.45, 7) is 2.09. The molecule has 4 heteroatoms. The molecule has 0 aromatic heterocycles. The van der Waals surface area contributed by atoms with Crippen molar-refractivity contribution in [1.29, 1.82) is 0 Å². The van der Waals surface area contributed by atoms with Gasteiger partial charge in [0, 0.05) is 27.7 Å². The molecule has 5 aromatic carbocycles. The maximum atomic E-state index is 10.7. The number of phenols is 4. The Bertz CT molecular complexity index is 1440. The van der Waals surface area contributed by atoms with E-state index in [1.165, 1.54) is 0 Å². The Labute approximate surface area is 210 Å². The number of aromatic hydroxyl groups is 4. The van der Waals surface area contributed by atoms with Crippen molar-refractivity contribution < 1.29 is 20.4 Å². The van der Waals surface area contributed by atoms with Gasteiger partial charge in [-0.2, -0.15) is 0 Å². The van der Waals surface area contributed by atoms with Crippen LogP contribution in [0, 0.1) is 0 Å². The molecule has 0 unspecified atom stereocenters. The van der Waals surface area contributed by atoms with Crippen molar-refractivity contribution in [1.82, 2.24) is 0 Å². The van der Waals surface area contributed by atoms with Gasteiger partial charge in [0.1, 0.15) is 23.0 Å². The Hall–Kier alpha value is -4.70. The molecule has 0 bridgehead atoms. The van der Waals surface area contributed by atoms with Crippen LogP contribution in [0.4, 0.5) is 0 Å². The zero-order valence-electron chi connectivity index (χ0n) is 19.8. The average molecular weight is 475 g/mol. The van der Waals surface area contributed by atoms with E-state index in [1.54, 1.807) is 48.5 Å². The van der Waals surface area contributed by atoms with E-state index in [0.717, 1.165) is 16.7 Å². The Morgan fingerprint density at radius 1 is 0.389 bits per heavy atom. The van der Waals surface area contributed by atoms with Gasteiger partial charge in [0.05, 0.1) is 0 Å². The third kappa shape index (κ3) is 3.93. The Balaban J connectivity index is 1.76. The van der Waals surface area contributed by atoms with Crippen LogP contribution in [0.15, 0.2) is 115 Å². The molecule has 0 aliphatic heterocycles. The Kier molecular flexibility index (Phi) is 5.87. The van der Waals surface area contributed by atoms with Crippen LogP contribution < -0.4 is 0 Å². The van der Waals surface area contributed by atoms with Crippen molar-refractivity contribution in [3.05, 3.63) is 132 Å². The second-order valence-corrected chi connectivity index (χ2v) is 8.99. The fourth-order valence-electron chi connectivity index (χ4n) is 4.80. The van der Waals surface area contributed by atoms with Gasteiger partial charge in [-0.25, -0.2) is 0 Å². The highest BCUT2D eigenvalue weighted by atomic mass is 16.3. The van der Waals surface area contributed by atoms with Crippen LogP contribution in [0.5, 0.6) is 23.0 Å². The minimum atomic E-state index is -0.693. The maximum Gasteiger partial charge on any atom is 0.123 e. The fourth-order valence-corrected chi connectivity index (χ4v) is 4.80. The van der Waals surface area contributed by atoms with Crippen molar-refractivity contribution in [2.45, 2.75) is 12.3 Å². The first-order valence-corrected chi connectivity index (χ1v) is 11.7. The zero-order chi connectivity index (χ0) is 25.3. The first-order chi connectivity index (χ1) is 17.4. The summed E-state index contributed by atoms with van der Waals surface area (Å²) in [5.74, 6) is 0.295. The number of hydrogen-bond acceptors (Lipinski definition) is 4. The van der Waals surface area contributed by atoms with E-state index in [1.807, 2.05) is 66.7 Å². The highest BCUT2D eigenvalue weighted by Crippen LogP contribution is 2.46. The predicted molar refractivity (Wildman–Crippen MR) is 142 cm³/mol. The molecule has 0 aliphatic carbocycles. The molecule has 0 heterocycles. The number of hydrogen-bond donors (Lipinski definition) is 4. The lowest BCUT2D eigenvalue weighted by molar-refractivity contribution is 0.468. The molecule has 0 atom stereocenters. The lowest BCUT2D eigenvalue weighted by Crippen LogP contribution is -2.25. The van der Waals surface area contributed by atoms with E-state index in [9.17, 15) is 20.4 Å². The lowest BCUT2D eigenvalue weighted by atomic mass is 9.70. The Morgan fingerprint density at radius 2 is 0.778 bits per heavy atom. The van der Waals surface area contributed by atoms with Crippen LogP contribution in [0.1, 0.15) is 23.6 Å². The van der Waals surface area contributed by atoms with E-state index < -0.39 is 5.41 Å². The molecule has 5 aromatic rings. The second kappa shape index (κ2) is 9.16. The normalized spacial score (nSPS) is 11.4. The molecule has 0 aliphatic rings. The lowest BCUT2D eigenvalue weighted by Gasteiger charge is -2.33. The van der Waals surface area contributed by atoms with Crippen molar-refractivity contribution in [3.63, 3.8) is 0 Å². The largest absolute Gasteiger partial charge is 0.507 e. The summed E-state index contributed by atoms with van der Waals surface area (Å²) in [6.07, 6.45) is 0. The third-order valence-electron chi connectivity index (χ3n) is 6.89. The summed E-state index contributed by atoms with van der Waals surface area (Å²) in [5, 5.41) is 42.4. The molecule has 0 radical (unpaired) electrons. The molecule has 0 amide bonds. The Morgan fingerprint density at radius 3 is 1.22 bits per heavy atom. The van der Waals surface area contributed by atoms with Crippen LogP contribution in [0.2, 0.25) is 0 Å². The fraction of sp³-hybridized carbons (Fsp3) is 0.0625. The molecule has 36 heavy (non-hydrogen) atoms. The summed E-state index contributed by atoms with van der Waals surface area (Å²) >= 11 is 0. The molecule has 4 nitrogen and oxygen atoms in total. The number of rotatable bonds is 5. The SMILES string of the molecule is CC(c1ccccc1)(c1ccc(O)c(-c2ccccc2O)c1)c1ccc(O)c(-c2ccccc2O)c1. The molecular formula is C32H26O4. The molecule has 5 rings (SSSR count).